The molecule has 3 aliphatic carbocycles. The molecular formula is C21H27N3O2. The van der Waals surface area contributed by atoms with Crippen molar-refractivity contribution in [1.29, 1.82) is 0 Å². The van der Waals surface area contributed by atoms with Crippen LogP contribution in [0.1, 0.15) is 74.2 Å². The molecule has 0 unspecified atom stereocenters. The summed E-state index contributed by atoms with van der Waals surface area (Å²) in [6, 6.07) is 6.48. The summed E-state index contributed by atoms with van der Waals surface area (Å²) in [7, 11) is 0. The fourth-order valence-corrected chi connectivity index (χ4v) is 4.34. The van der Waals surface area contributed by atoms with Gasteiger partial charge in [-0.2, -0.15) is 0 Å². The highest BCUT2D eigenvalue weighted by Crippen LogP contribution is 2.34. The molecule has 0 spiro atoms. The van der Waals surface area contributed by atoms with Crippen LogP contribution >= 0.6 is 0 Å². The Kier molecular flexibility index (Phi) is 3.91. The van der Waals surface area contributed by atoms with Gasteiger partial charge in [-0.3, -0.25) is 13.9 Å². The Morgan fingerprint density at radius 2 is 1.77 bits per heavy atom. The number of fused-ring (bicyclic) bond motifs is 1. The molecule has 1 aromatic heterocycles. The maximum absolute atomic E-state index is 13.2. The van der Waals surface area contributed by atoms with E-state index in [4.69, 9.17) is 0 Å². The number of imidazole rings is 1. The summed E-state index contributed by atoms with van der Waals surface area (Å²) in [6.07, 6.45) is 10.4. The second-order valence-electron chi connectivity index (χ2n) is 8.45. The number of hydrogen-bond acceptors (Lipinski definition) is 2. The molecule has 5 heteroatoms. The van der Waals surface area contributed by atoms with Gasteiger partial charge < -0.3 is 5.32 Å². The van der Waals surface area contributed by atoms with Crippen molar-refractivity contribution in [3.63, 3.8) is 0 Å². The highest BCUT2D eigenvalue weighted by atomic mass is 16.2. The highest BCUT2D eigenvalue weighted by molar-refractivity contribution is 5.97. The lowest BCUT2D eigenvalue weighted by Crippen LogP contribution is -2.29. The van der Waals surface area contributed by atoms with E-state index in [2.05, 4.69) is 5.32 Å². The van der Waals surface area contributed by atoms with Crippen LogP contribution in [0.25, 0.3) is 11.0 Å². The molecule has 3 aliphatic rings. The fourth-order valence-electron chi connectivity index (χ4n) is 4.34. The van der Waals surface area contributed by atoms with Crippen molar-refractivity contribution >= 4 is 16.9 Å². The Morgan fingerprint density at radius 1 is 1.00 bits per heavy atom. The second kappa shape index (κ2) is 6.29. The number of carbonyl (C=O) groups is 1. The predicted octanol–water partition coefficient (Wildman–Crippen LogP) is 3.61. The zero-order valence-corrected chi connectivity index (χ0v) is 15.2. The maximum Gasteiger partial charge on any atom is 0.329 e. The van der Waals surface area contributed by atoms with Crippen molar-refractivity contribution in [1.82, 2.24) is 14.5 Å². The van der Waals surface area contributed by atoms with Gasteiger partial charge in [-0.15, -0.1) is 0 Å². The molecular weight excluding hydrogens is 326 g/mol. The number of aromatic nitrogens is 2. The number of nitrogens with zero attached hydrogens (tertiary/aromatic N) is 2. The van der Waals surface area contributed by atoms with Gasteiger partial charge >= 0.3 is 5.69 Å². The quantitative estimate of drug-likeness (QED) is 0.893. The van der Waals surface area contributed by atoms with Crippen molar-refractivity contribution in [3.05, 3.63) is 34.2 Å². The molecule has 138 valence electrons. The van der Waals surface area contributed by atoms with Gasteiger partial charge in [-0.25, -0.2) is 4.79 Å². The largest absolute Gasteiger partial charge is 0.349 e. The number of hydrogen-bond donors (Lipinski definition) is 1. The molecule has 5 rings (SSSR count). The van der Waals surface area contributed by atoms with Gasteiger partial charge in [0.1, 0.15) is 0 Å². The predicted molar refractivity (Wildman–Crippen MR) is 102 cm³/mol. The number of carbonyl (C=O) groups excluding carboxylic acids is 1. The molecule has 0 aliphatic heterocycles. The van der Waals surface area contributed by atoms with Crippen LogP contribution in [0.2, 0.25) is 0 Å². The van der Waals surface area contributed by atoms with Gasteiger partial charge in [0.2, 0.25) is 0 Å². The Hall–Kier alpha value is -2.04. The third kappa shape index (κ3) is 2.97. The van der Waals surface area contributed by atoms with Crippen LogP contribution in [0.4, 0.5) is 0 Å². The van der Waals surface area contributed by atoms with Gasteiger partial charge in [0.25, 0.3) is 5.91 Å². The van der Waals surface area contributed by atoms with E-state index in [1.807, 2.05) is 27.3 Å². The molecule has 26 heavy (non-hydrogen) atoms. The van der Waals surface area contributed by atoms with Crippen molar-refractivity contribution < 1.29 is 4.79 Å². The van der Waals surface area contributed by atoms with E-state index < -0.39 is 0 Å². The van der Waals surface area contributed by atoms with Crippen LogP contribution in [0.5, 0.6) is 0 Å². The van der Waals surface area contributed by atoms with Gasteiger partial charge in [0.15, 0.2) is 0 Å². The summed E-state index contributed by atoms with van der Waals surface area (Å²) in [5.74, 6) is 0.618. The Balaban J connectivity index is 1.58. The van der Waals surface area contributed by atoms with E-state index in [-0.39, 0.29) is 11.6 Å². The van der Waals surface area contributed by atoms with Crippen LogP contribution in [0.15, 0.2) is 23.0 Å². The SMILES string of the molecule is O=C(NC1CC1)c1ccc2c(c1)n(CC1CC1)c(=O)n2C1CCCCC1. The zero-order valence-electron chi connectivity index (χ0n) is 15.2. The number of benzene rings is 1. The van der Waals surface area contributed by atoms with E-state index in [0.29, 0.717) is 23.6 Å². The molecule has 5 nitrogen and oxygen atoms in total. The number of rotatable bonds is 5. The lowest BCUT2D eigenvalue weighted by molar-refractivity contribution is 0.0951. The summed E-state index contributed by atoms with van der Waals surface area (Å²) in [4.78, 5) is 25.7. The average Bonchev–Trinajstić information content (AvgIpc) is 3.57. The average molecular weight is 353 g/mol. The minimum atomic E-state index is -0.00904. The van der Waals surface area contributed by atoms with Crippen LogP contribution in [-0.4, -0.2) is 21.1 Å². The normalized spacial score (nSPS) is 21.2. The molecule has 0 radical (unpaired) electrons. The van der Waals surface area contributed by atoms with E-state index in [0.717, 1.165) is 43.3 Å². The van der Waals surface area contributed by atoms with Crippen LogP contribution < -0.4 is 11.0 Å². The summed E-state index contributed by atoms with van der Waals surface area (Å²) < 4.78 is 3.97. The molecule has 0 bridgehead atoms. The maximum atomic E-state index is 13.2. The Morgan fingerprint density at radius 3 is 2.46 bits per heavy atom. The minimum Gasteiger partial charge on any atom is -0.349 e. The minimum absolute atomic E-state index is 0.00904. The summed E-state index contributed by atoms with van der Waals surface area (Å²) in [6.45, 7) is 0.794. The number of nitrogens with one attached hydrogen (secondary N) is 1. The van der Waals surface area contributed by atoms with Gasteiger partial charge in [0.05, 0.1) is 11.0 Å². The molecule has 0 saturated heterocycles. The third-order valence-electron chi connectivity index (χ3n) is 6.22. The Bertz CT molecular complexity index is 896. The highest BCUT2D eigenvalue weighted by Gasteiger charge is 2.28. The van der Waals surface area contributed by atoms with E-state index in [9.17, 15) is 9.59 Å². The van der Waals surface area contributed by atoms with Crippen molar-refractivity contribution in [3.8, 4) is 0 Å². The van der Waals surface area contributed by atoms with Gasteiger partial charge in [-0.1, -0.05) is 19.3 Å². The monoisotopic (exact) mass is 353 g/mol. The molecule has 3 saturated carbocycles. The first-order chi connectivity index (χ1) is 12.7. The lowest BCUT2D eigenvalue weighted by atomic mass is 9.95. The van der Waals surface area contributed by atoms with Crippen molar-refractivity contribution in [2.24, 2.45) is 5.92 Å². The lowest BCUT2D eigenvalue weighted by Gasteiger charge is -2.23. The van der Waals surface area contributed by atoms with Gasteiger partial charge in [0, 0.05) is 24.2 Å². The molecule has 1 aromatic carbocycles. The fraction of sp³-hybridized carbons (Fsp3) is 0.619. The molecule has 1 amide bonds. The second-order valence-corrected chi connectivity index (χ2v) is 8.45. The van der Waals surface area contributed by atoms with Crippen LogP contribution in [0, 0.1) is 5.92 Å². The van der Waals surface area contributed by atoms with Crippen LogP contribution in [-0.2, 0) is 6.54 Å². The standard InChI is InChI=1S/C21H27N3O2/c25-20(22-16-9-10-16)15-8-11-18-19(12-15)23(13-14-6-7-14)21(26)24(18)17-4-2-1-3-5-17/h8,11-12,14,16-17H,1-7,9-10,13H2,(H,22,25). The smallest absolute Gasteiger partial charge is 0.329 e. The Labute approximate surface area is 153 Å². The molecule has 1 heterocycles. The molecule has 1 N–H and O–H groups in total. The van der Waals surface area contributed by atoms with Crippen molar-refractivity contribution in [2.45, 2.75) is 76.4 Å². The number of amides is 1. The molecule has 0 atom stereocenters. The first-order valence-electron chi connectivity index (χ1n) is 10.3. The molecule has 3 fully saturated rings. The topological polar surface area (TPSA) is 56.0 Å². The first kappa shape index (κ1) is 16.2. The van der Waals surface area contributed by atoms with Gasteiger partial charge in [-0.05, 0) is 62.6 Å². The van der Waals surface area contributed by atoms with Crippen LogP contribution in [0.3, 0.4) is 0 Å². The van der Waals surface area contributed by atoms with E-state index in [1.54, 1.807) is 0 Å². The zero-order chi connectivity index (χ0) is 17.7. The first-order valence-corrected chi connectivity index (χ1v) is 10.3. The van der Waals surface area contributed by atoms with Crippen molar-refractivity contribution in [2.75, 3.05) is 0 Å². The molecule has 2 aromatic rings. The summed E-state index contributed by atoms with van der Waals surface area (Å²) >= 11 is 0. The third-order valence-corrected chi connectivity index (χ3v) is 6.22. The van der Waals surface area contributed by atoms with E-state index in [1.165, 1.54) is 32.1 Å². The summed E-state index contributed by atoms with van der Waals surface area (Å²) in [5.41, 5.74) is 2.75. The summed E-state index contributed by atoms with van der Waals surface area (Å²) in [5, 5.41) is 3.06. The van der Waals surface area contributed by atoms with E-state index >= 15 is 0 Å².